The molecule has 0 aliphatic rings. The van der Waals surface area contributed by atoms with Gasteiger partial charge < -0.3 is 0 Å². The summed E-state index contributed by atoms with van der Waals surface area (Å²) in [5, 5.41) is 3.80. The first-order valence-corrected chi connectivity index (χ1v) is 5.40. The van der Waals surface area contributed by atoms with Gasteiger partial charge in [-0.15, -0.1) is 0 Å². The van der Waals surface area contributed by atoms with Crippen molar-refractivity contribution in [3.8, 4) is 0 Å². The number of nitrogens with zero attached hydrogens (tertiary/aromatic N) is 1. The minimum Gasteiger partial charge on any atom is -0.267 e. The topological polar surface area (TPSA) is 41.5 Å². The zero-order valence-corrected chi connectivity index (χ0v) is 9.51. The molecular weight excluding hydrogens is 231 g/mol. The molecule has 0 aliphatic carbocycles. The van der Waals surface area contributed by atoms with Gasteiger partial charge in [0.25, 0.3) is 5.91 Å². The molecule has 3 nitrogen and oxygen atoms in total. The summed E-state index contributed by atoms with van der Waals surface area (Å²) in [5.41, 5.74) is 3.45. The van der Waals surface area contributed by atoms with Gasteiger partial charge in [-0.2, -0.15) is 5.10 Å². The van der Waals surface area contributed by atoms with Gasteiger partial charge in [-0.05, 0) is 23.8 Å². The van der Waals surface area contributed by atoms with Crippen LogP contribution in [0.1, 0.15) is 15.9 Å². The zero-order chi connectivity index (χ0) is 12.8. The maximum absolute atomic E-state index is 12.9. The van der Waals surface area contributed by atoms with Crippen molar-refractivity contribution in [2.24, 2.45) is 5.10 Å². The monoisotopic (exact) mass is 242 g/mol. The van der Waals surface area contributed by atoms with Crippen LogP contribution in [0.25, 0.3) is 0 Å². The number of rotatable bonds is 3. The van der Waals surface area contributed by atoms with Crippen molar-refractivity contribution in [2.75, 3.05) is 0 Å². The normalized spacial score (nSPS) is 10.5. The lowest BCUT2D eigenvalue weighted by Gasteiger charge is -1.99. The Hall–Kier alpha value is -2.49. The average Bonchev–Trinajstić information content (AvgIpc) is 2.40. The molecule has 2 aromatic rings. The molecule has 0 fully saturated rings. The van der Waals surface area contributed by atoms with Crippen molar-refractivity contribution in [3.05, 3.63) is 71.5 Å². The molecule has 0 aliphatic heterocycles. The quantitative estimate of drug-likeness (QED) is 0.652. The second-order valence-corrected chi connectivity index (χ2v) is 3.62. The number of hydrazone groups is 1. The first kappa shape index (κ1) is 12.0. The van der Waals surface area contributed by atoms with Crippen LogP contribution >= 0.6 is 0 Å². The summed E-state index contributed by atoms with van der Waals surface area (Å²) >= 11 is 0. The first-order chi connectivity index (χ1) is 8.75. The van der Waals surface area contributed by atoms with E-state index >= 15 is 0 Å². The molecule has 0 heterocycles. The van der Waals surface area contributed by atoms with Crippen LogP contribution in [-0.4, -0.2) is 12.1 Å². The summed E-state index contributed by atoms with van der Waals surface area (Å²) < 4.78 is 12.9. The van der Waals surface area contributed by atoms with Crippen LogP contribution in [-0.2, 0) is 0 Å². The minimum absolute atomic E-state index is 0.236. The molecule has 4 heteroatoms. The van der Waals surface area contributed by atoms with Crippen LogP contribution in [0, 0.1) is 5.82 Å². The molecule has 0 radical (unpaired) electrons. The Labute approximate surface area is 104 Å². The smallest absolute Gasteiger partial charge is 0.267 e. The minimum atomic E-state index is -0.449. The average molecular weight is 242 g/mol. The zero-order valence-electron chi connectivity index (χ0n) is 9.51. The van der Waals surface area contributed by atoms with Crippen molar-refractivity contribution in [3.63, 3.8) is 0 Å². The van der Waals surface area contributed by atoms with Crippen molar-refractivity contribution in [2.45, 2.75) is 0 Å². The predicted octanol–water partition coefficient (Wildman–Crippen LogP) is 2.59. The molecule has 0 atom stereocenters. The molecule has 1 N–H and O–H groups in total. The van der Waals surface area contributed by atoms with Gasteiger partial charge in [0, 0.05) is 5.56 Å². The van der Waals surface area contributed by atoms with Gasteiger partial charge in [0.15, 0.2) is 0 Å². The summed E-state index contributed by atoms with van der Waals surface area (Å²) in [6, 6.07) is 14.8. The van der Waals surface area contributed by atoms with Gasteiger partial charge in [0.2, 0.25) is 0 Å². The fourth-order valence-corrected chi connectivity index (χ4v) is 1.40. The number of amides is 1. The number of carbonyl (C=O) groups excluding carboxylic acids is 1. The summed E-state index contributed by atoms with van der Waals surface area (Å²) in [5.74, 6) is -0.892. The van der Waals surface area contributed by atoms with E-state index in [1.54, 1.807) is 0 Å². The predicted molar refractivity (Wildman–Crippen MR) is 67.9 cm³/mol. The largest absolute Gasteiger partial charge is 0.271 e. The summed E-state index contributed by atoms with van der Waals surface area (Å²) in [6.07, 6.45) is 1.52. The van der Waals surface area contributed by atoms with Crippen molar-refractivity contribution < 1.29 is 9.18 Å². The number of nitrogens with one attached hydrogen (secondary N) is 1. The molecule has 0 bridgehead atoms. The van der Waals surface area contributed by atoms with Gasteiger partial charge in [0.05, 0.1) is 6.21 Å². The van der Waals surface area contributed by atoms with E-state index in [1.807, 2.05) is 30.3 Å². The molecule has 1 amide bonds. The lowest BCUT2D eigenvalue weighted by molar-refractivity contribution is 0.0954. The summed E-state index contributed by atoms with van der Waals surface area (Å²) in [7, 11) is 0. The number of carbonyl (C=O) groups is 1. The molecule has 2 rings (SSSR count). The highest BCUT2D eigenvalue weighted by Gasteiger charge is 2.04. The summed E-state index contributed by atoms with van der Waals surface area (Å²) in [6.45, 7) is 0. The Kier molecular flexibility index (Phi) is 3.81. The van der Waals surface area contributed by atoms with Crippen LogP contribution in [0.2, 0.25) is 0 Å². The lowest BCUT2D eigenvalue weighted by Crippen LogP contribution is -2.17. The van der Waals surface area contributed by atoms with E-state index in [0.29, 0.717) is 0 Å². The van der Waals surface area contributed by atoms with Crippen molar-refractivity contribution >= 4 is 12.1 Å². The number of hydrogen-bond donors (Lipinski definition) is 1. The molecule has 18 heavy (non-hydrogen) atoms. The van der Waals surface area contributed by atoms with E-state index < -0.39 is 11.7 Å². The fraction of sp³-hybridized carbons (Fsp3) is 0. The highest BCUT2D eigenvalue weighted by molar-refractivity contribution is 5.94. The SMILES string of the molecule is O=C(NN=Cc1ccccc1)c1cccc(F)c1. The Balaban J connectivity index is 1.99. The van der Waals surface area contributed by atoms with Crippen LogP contribution in [0.4, 0.5) is 4.39 Å². The van der Waals surface area contributed by atoms with Gasteiger partial charge >= 0.3 is 0 Å². The molecule has 0 saturated carbocycles. The van der Waals surface area contributed by atoms with Crippen LogP contribution in [0.3, 0.4) is 0 Å². The van der Waals surface area contributed by atoms with Crippen LogP contribution in [0.15, 0.2) is 59.7 Å². The van der Waals surface area contributed by atoms with Gasteiger partial charge in [-0.1, -0.05) is 36.4 Å². The maximum atomic E-state index is 12.9. The third-order valence-electron chi connectivity index (χ3n) is 2.27. The fourth-order valence-electron chi connectivity index (χ4n) is 1.40. The molecule has 90 valence electrons. The molecule has 0 saturated heterocycles. The molecular formula is C14H11FN2O. The Morgan fingerprint density at radius 3 is 2.61 bits per heavy atom. The van der Waals surface area contributed by atoms with E-state index in [1.165, 1.54) is 24.4 Å². The highest BCUT2D eigenvalue weighted by atomic mass is 19.1. The van der Waals surface area contributed by atoms with Gasteiger partial charge in [-0.25, -0.2) is 9.82 Å². The van der Waals surface area contributed by atoms with Crippen LogP contribution in [0.5, 0.6) is 0 Å². The molecule has 0 aromatic heterocycles. The van der Waals surface area contributed by atoms with Gasteiger partial charge in [-0.3, -0.25) is 4.79 Å². The number of hydrogen-bond acceptors (Lipinski definition) is 2. The van der Waals surface area contributed by atoms with E-state index in [2.05, 4.69) is 10.5 Å². The third kappa shape index (κ3) is 3.25. The van der Waals surface area contributed by atoms with Crippen LogP contribution < -0.4 is 5.43 Å². The Bertz CT molecular complexity index is 567. The number of benzene rings is 2. The second-order valence-electron chi connectivity index (χ2n) is 3.62. The summed E-state index contributed by atoms with van der Waals surface area (Å²) in [4.78, 5) is 11.6. The highest BCUT2D eigenvalue weighted by Crippen LogP contribution is 2.03. The van der Waals surface area contributed by atoms with E-state index in [4.69, 9.17) is 0 Å². The van der Waals surface area contributed by atoms with E-state index in [-0.39, 0.29) is 5.56 Å². The maximum Gasteiger partial charge on any atom is 0.271 e. The Morgan fingerprint density at radius 1 is 1.11 bits per heavy atom. The van der Waals surface area contributed by atoms with Crippen molar-refractivity contribution in [1.82, 2.24) is 5.43 Å². The molecule has 0 unspecified atom stereocenters. The van der Waals surface area contributed by atoms with E-state index in [9.17, 15) is 9.18 Å². The molecule has 0 spiro atoms. The lowest BCUT2D eigenvalue weighted by atomic mass is 10.2. The third-order valence-corrected chi connectivity index (χ3v) is 2.27. The van der Waals surface area contributed by atoms with Crippen molar-refractivity contribution in [1.29, 1.82) is 0 Å². The standard InChI is InChI=1S/C14H11FN2O/c15-13-8-4-7-12(9-13)14(18)17-16-10-11-5-2-1-3-6-11/h1-10H,(H,17,18). The number of halogens is 1. The van der Waals surface area contributed by atoms with E-state index in [0.717, 1.165) is 11.6 Å². The first-order valence-electron chi connectivity index (χ1n) is 5.40. The molecule has 2 aromatic carbocycles. The Morgan fingerprint density at radius 2 is 1.89 bits per heavy atom. The second kappa shape index (κ2) is 5.72. The van der Waals surface area contributed by atoms with Gasteiger partial charge in [0.1, 0.15) is 5.82 Å².